The van der Waals surface area contributed by atoms with Crippen molar-refractivity contribution in [2.75, 3.05) is 5.32 Å². The van der Waals surface area contributed by atoms with Gasteiger partial charge >= 0.3 is 5.97 Å². The van der Waals surface area contributed by atoms with Crippen LogP contribution in [0.5, 0.6) is 0 Å². The van der Waals surface area contributed by atoms with Gasteiger partial charge in [0.25, 0.3) is 5.91 Å². The molecule has 0 bridgehead atoms. The quantitative estimate of drug-likeness (QED) is 0.828. The van der Waals surface area contributed by atoms with Crippen LogP contribution >= 0.6 is 34.5 Å². The monoisotopic (exact) mass is 342 g/mol. The molecule has 2 aromatic rings. The Hall–Kier alpha value is -1.89. The lowest BCUT2D eigenvalue weighted by Gasteiger charge is -2.04. The van der Waals surface area contributed by atoms with E-state index in [-0.39, 0.29) is 10.6 Å². The van der Waals surface area contributed by atoms with Gasteiger partial charge in [0.1, 0.15) is 0 Å². The van der Waals surface area contributed by atoms with E-state index in [1.165, 1.54) is 24.4 Å². The van der Waals surface area contributed by atoms with Crippen LogP contribution < -0.4 is 5.32 Å². The Kier molecular flexibility index (Phi) is 4.95. The Balaban J connectivity index is 2.11. The van der Waals surface area contributed by atoms with Gasteiger partial charge in [-0.15, -0.1) is 0 Å². The number of aliphatic carboxylic acids is 1. The molecule has 5 nitrogen and oxygen atoms in total. The molecule has 0 unspecified atom stereocenters. The number of carbonyl (C=O) groups is 2. The number of nitrogens with one attached hydrogen (secondary N) is 1. The van der Waals surface area contributed by atoms with E-state index in [0.29, 0.717) is 15.0 Å². The lowest BCUT2D eigenvalue weighted by molar-refractivity contribution is -0.131. The van der Waals surface area contributed by atoms with Crippen LogP contribution in [0.1, 0.15) is 15.2 Å². The number of anilines is 1. The van der Waals surface area contributed by atoms with Crippen LogP contribution in [0.3, 0.4) is 0 Å². The highest BCUT2D eigenvalue weighted by Gasteiger charge is 2.12. The van der Waals surface area contributed by atoms with E-state index in [2.05, 4.69) is 10.3 Å². The Morgan fingerprint density at radius 1 is 1.33 bits per heavy atom. The number of aromatic nitrogens is 1. The lowest BCUT2D eigenvalue weighted by atomic mass is 10.2. The number of thiazole rings is 1. The first-order valence-corrected chi connectivity index (χ1v) is 7.16. The van der Waals surface area contributed by atoms with E-state index in [1.807, 2.05) is 0 Å². The van der Waals surface area contributed by atoms with Gasteiger partial charge < -0.3 is 5.11 Å². The molecule has 0 spiro atoms. The molecule has 108 valence electrons. The molecule has 8 heteroatoms. The van der Waals surface area contributed by atoms with Gasteiger partial charge in [0, 0.05) is 22.2 Å². The molecule has 1 aromatic carbocycles. The molecule has 1 aromatic heterocycles. The van der Waals surface area contributed by atoms with E-state index < -0.39 is 11.9 Å². The van der Waals surface area contributed by atoms with Crippen molar-refractivity contribution in [3.05, 3.63) is 51.0 Å². The maximum absolute atomic E-state index is 12.0. The second-order valence-electron chi connectivity index (χ2n) is 3.82. The third-order valence-electron chi connectivity index (χ3n) is 2.31. The van der Waals surface area contributed by atoms with Gasteiger partial charge in [-0.25, -0.2) is 9.78 Å². The minimum absolute atomic E-state index is 0.238. The first-order chi connectivity index (χ1) is 9.95. The minimum atomic E-state index is -1.05. The van der Waals surface area contributed by atoms with E-state index in [1.54, 1.807) is 6.07 Å². The van der Waals surface area contributed by atoms with Crippen LogP contribution in [0.15, 0.2) is 30.5 Å². The molecule has 0 radical (unpaired) electrons. The molecule has 0 aliphatic carbocycles. The standard InChI is InChI=1S/C13H8Cl2N2O3S/c14-7-1-3-9(10(15)5-7)12(20)17-13-16-6-8(21-13)2-4-11(18)19/h1-6H,(H,18,19)(H,16,17,20). The molecule has 0 aliphatic heterocycles. The molecule has 0 atom stereocenters. The van der Waals surface area contributed by atoms with Crippen LogP contribution in [0.2, 0.25) is 10.0 Å². The summed E-state index contributed by atoms with van der Waals surface area (Å²) in [6, 6.07) is 4.55. The summed E-state index contributed by atoms with van der Waals surface area (Å²) < 4.78 is 0. The van der Waals surface area contributed by atoms with Crippen molar-refractivity contribution in [3.63, 3.8) is 0 Å². The fourth-order valence-electron chi connectivity index (χ4n) is 1.41. The Labute approximate surface area is 133 Å². The molecule has 0 saturated heterocycles. The molecule has 2 rings (SSSR count). The summed E-state index contributed by atoms with van der Waals surface area (Å²) in [6.45, 7) is 0. The smallest absolute Gasteiger partial charge is 0.328 e. The van der Waals surface area contributed by atoms with Crippen LogP contribution in [-0.4, -0.2) is 22.0 Å². The van der Waals surface area contributed by atoms with Gasteiger partial charge in [-0.05, 0) is 24.3 Å². The summed E-state index contributed by atoms with van der Waals surface area (Å²) in [6.07, 6.45) is 3.85. The van der Waals surface area contributed by atoms with Crippen molar-refractivity contribution in [3.8, 4) is 0 Å². The van der Waals surface area contributed by atoms with E-state index >= 15 is 0 Å². The van der Waals surface area contributed by atoms with Gasteiger partial charge in [-0.3, -0.25) is 10.1 Å². The van der Waals surface area contributed by atoms with E-state index in [4.69, 9.17) is 28.3 Å². The van der Waals surface area contributed by atoms with Gasteiger partial charge in [0.05, 0.1) is 10.6 Å². The zero-order chi connectivity index (χ0) is 15.4. The van der Waals surface area contributed by atoms with Crippen LogP contribution in [0.4, 0.5) is 5.13 Å². The second kappa shape index (κ2) is 6.71. The van der Waals surface area contributed by atoms with Gasteiger partial charge in [-0.2, -0.15) is 0 Å². The number of carbonyl (C=O) groups excluding carboxylic acids is 1. The maximum Gasteiger partial charge on any atom is 0.328 e. The molecule has 21 heavy (non-hydrogen) atoms. The summed E-state index contributed by atoms with van der Waals surface area (Å²) >= 11 is 12.8. The molecular weight excluding hydrogens is 335 g/mol. The van der Waals surface area contributed by atoms with Crippen molar-refractivity contribution in [1.29, 1.82) is 0 Å². The number of nitrogens with zero attached hydrogens (tertiary/aromatic N) is 1. The molecular formula is C13H8Cl2N2O3S. The third-order valence-corrected chi connectivity index (χ3v) is 3.74. The topological polar surface area (TPSA) is 79.3 Å². The molecule has 1 heterocycles. The van der Waals surface area contributed by atoms with E-state index in [9.17, 15) is 9.59 Å². The van der Waals surface area contributed by atoms with Crippen molar-refractivity contribution < 1.29 is 14.7 Å². The number of halogens is 2. The Bertz CT molecular complexity index is 728. The van der Waals surface area contributed by atoms with Crippen molar-refractivity contribution in [1.82, 2.24) is 4.98 Å². The highest BCUT2D eigenvalue weighted by Crippen LogP contribution is 2.24. The first-order valence-electron chi connectivity index (χ1n) is 5.59. The SMILES string of the molecule is O=C(O)C=Cc1cnc(NC(=O)c2ccc(Cl)cc2Cl)s1. The summed E-state index contributed by atoms with van der Waals surface area (Å²) in [7, 11) is 0. The van der Waals surface area contributed by atoms with Crippen LogP contribution in [0, 0.1) is 0 Å². The lowest BCUT2D eigenvalue weighted by Crippen LogP contribution is -2.12. The number of amides is 1. The van der Waals surface area contributed by atoms with E-state index in [0.717, 1.165) is 17.4 Å². The zero-order valence-electron chi connectivity index (χ0n) is 10.3. The largest absolute Gasteiger partial charge is 0.478 e. The summed E-state index contributed by atoms with van der Waals surface area (Å²) in [5, 5.41) is 12.1. The number of rotatable bonds is 4. The van der Waals surface area contributed by atoms with Crippen molar-refractivity contribution >= 4 is 57.6 Å². The van der Waals surface area contributed by atoms with Crippen LogP contribution in [-0.2, 0) is 4.79 Å². The highest BCUT2D eigenvalue weighted by atomic mass is 35.5. The molecule has 1 amide bonds. The van der Waals surface area contributed by atoms with Crippen LogP contribution in [0.25, 0.3) is 6.08 Å². The normalized spacial score (nSPS) is 10.8. The number of hydrogen-bond donors (Lipinski definition) is 2. The number of benzene rings is 1. The second-order valence-corrected chi connectivity index (χ2v) is 5.72. The minimum Gasteiger partial charge on any atom is -0.478 e. The molecule has 0 saturated carbocycles. The Morgan fingerprint density at radius 3 is 2.76 bits per heavy atom. The zero-order valence-corrected chi connectivity index (χ0v) is 12.7. The highest BCUT2D eigenvalue weighted by molar-refractivity contribution is 7.16. The molecule has 0 aliphatic rings. The summed E-state index contributed by atoms with van der Waals surface area (Å²) in [4.78, 5) is 27.0. The number of carboxylic acids is 1. The Morgan fingerprint density at radius 2 is 2.10 bits per heavy atom. The molecule has 0 fully saturated rings. The predicted octanol–water partition coefficient (Wildman–Crippen LogP) is 3.80. The summed E-state index contributed by atoms with van der Waals surface area (Å²) in [5.74, 6) is -1.47. The average molecular weight is 343 g/mol. The predicted molar refractivity (Wildman–Crippen MR) is 83.2 cm³/mol. The number of carboxylic acid groups (broad SMARTS) is 1. The fraction of sp³-hybridized carbons (Fsp3) is 0. The maximum atomic E-state index is 12.0. The van der Waals surface area contributed by atoms with Gasteiger partial charge in [0.15, 0.2) is 5.13 Å². The first kappa shape index (κ1) is 15.5. The number of hydrogen-bond acceptors (Lipinski definition) is 4. The molecule has 2 N–H and O–H groups in total. The summed E-state index contributed by atoms with van der Waals surface area (Å²) in [5.41, 5.74) is 0.277. The van der Waals surface area contributed by atoms with Gasteiger partial charge in [-0.1, -0.05) is 34.5 Å². The van der Waals surface area contributed by atoms with Crippen molar-refractivity contribution in [2.24, 2.45) is 0 Å². The average Bonchev–Trinajstić information content (AvgIpc) is 2.83. The van der Waals surface area contributed by atoms with Gasteiger partial charge in [0.2, 0.25) is 0 Å². The van der Waals surface area contributed by atoms with Crippen molar-refractivity contribution in [2.45, 2.75) is 0 Å². The third kappa shape index (κ3) is 4.29. The fourth-order valence-corrected chi connectivity index (χ4v) is 2.62.